The average molecular weight is 159 g/mol. The van der Waals surface area contributed by atoms with Crippen molar-refractivity contribution >= 4 is 0 Å². The van der Waals surface area contributed by atoms with Gasteiger partial charge in [0.15, 0.2) is 0 Å². The van der Waals surface area contributed by atoms with Crippen molar-refractivity contribution in [2.75, 3.05) is 20.2 Å². The monoisotopic (exact) mass is 159 g/mol. The first kappa shape index (κ1) is 8.97. The third kappa shape index (κ3) is 2.15. The highest BCUT2D eigenvalue weighted by atomic mass is 16.5. The van der Waals surface area contributed by atoms with E-state index in [2.05, 4.69) is 5.32 Å². The molecular weight excluding hydrogens is 142 g/mol. The molecule has 66 valence electrons. The molecule has 3 heteroatoms. The van der Waals surface area contributed by atoms with E-state index in [9.17, 15) is 5.11 Å². The fraction of sp³-hybridized carbons (Fsp3) is 1.00. The summed E-state index contributed by atoms with van der Waals surface area (Å²) in [6.07, 6.45) is 1.85. The Hall–Kier alpha value is -0.120. The summed E-state index contributed by atoms with van der Waals surface area (Å²) < 4.78 is 5.33. The number of aliphatic hydroxyl groups is 1. The Morgan fingerprint density at radius 2 is 2.27 bits per heavy atom. The molecule has 1 fully saturated rings. The van der Waals surface area contributed by atoms with Gasteiger partial charge in [-0.3, -0.25) is 0 Å². The van der Waals surface area contributed by atoms with Gasteiger partial charge in [0.2, 0.25) is 0 Å². The molecule has 0 aliphatic heterocycles. The molecule has 3 nitrogen and oxygen atoms in total. The molecule has 0 spiro atoms. The maximum Gasteiger partial charge on any atom is 0.0820 e. The highest BCUT2D eigenvalue weighted by Gasteiger charge is 2.42. The number of hydrogen-bond acceptors (Lipinski definition) is 3. The predicted molar refractivity (Wildman–Crippen MR) is 43.5 cm³/mol. The van der Waals surface area contributed by atoms with Gasteiger partial charge in [-0.1, -0.05) is 0 Å². The molecule has 0 radical (unpaired) electrons. The first-order valence-electron chi connectivity index (χ1n) is 4.19. The van der Waals surface area contributed by atoms with E-state index in [0.717, 1.165) is 19.4 Å². The third-order valence-corrected chi connectivity index (χ3v) is 2.12. The first-order chi connectivity index (χ1) is 5.20. The molecule has 1 aliphatic carbocycles. The predicted octanol–water partition coefficient (Wildman–Crippen LogP) is 0.136. The van der Waals surface area contributed by atoms with Crippen LogP contribution in [-0.4, -0.2) is 37.0 Å². The molecule has 0 aromatic rings. The van der Waals surface area contributed by atoms with Crippen LogP contribution in [0.2, 0.25) is 0 Å². The Morgan fingerprint density at radius 1 is 1.64 bits per heavy atom. The number of hydrogen-bond donors (Lipinski definition) is 2. The lowest BCUT2D eigenvalue weighted by atomic mass is 9.77. The van der Waals surface area contributed by atoms with Gasteiger partial charge in [0.05, 0.1) is 11.7 Å². The van der Waals surface area contributed by atoms with Crippen LogP contribution < -0.4 is 5.32 Å². The molecule has 0 bridgehead atoms. The van der Waals surface area contributed by atoms with Crippen molar-refractivity contribution in [2.45, 2.75) is 31.5 Å². The van der Waals surface area contributed by atoms with Crippen LogP contribution in [0, 0.1) is 0 Å². The second kappa shape index (κ2) is 3.52. The van der Waals surface area contributed by atoms with Crippen LogP contribution >= 0.6 is 0 Å². The fourth-order valence-corrected chi connectivity index (χ4v) is 1.61. The summed E-state index contributed by atoms with van der Waals surface area (Å²) in [5, 5.41) is 12.6. The van der Waals surface area contributed by atoms with Crippen LogP contribution in [-0.2, 0) is 4.74 Å². The topological polar surface area (TPSA) is 41.5 Å². The summed E-state index contributed by atoms with van der Waals surface area (Å²) in [5.74, 6) is 0. The summed E-state index contributed by atoms with van der Waals surface area (Å²) >= 11 is 0. The number of nitrogens with one attached hydrogen (secondary N) is 1. The molecule has 1 aliphatic rings. The van der Waals surface area contributed by atoms with E-state index < -0.39 is 5.60 Å². The van der Waals surface area contributed by atoms with Gasteiger partial charge < -0.3 is 15.2 Å². The Bertz CT molecular complexity index is 121. The lowest BCUT2D eigenvalue weighted by Crippen LogP contribution is -2.53. The van der Waals surface area contributed by atoms with Crippen molar-refractivity contribution in [3.8, 4) is 0 Å². The molecule has 0 amide bonds. The van der Waals surface area contributed by atoms with Gasteiger partial charge in [0, 0.05) is 26.0 Å². The van der Waals surface area contributed by atoms with Crippen molar-refractivity contribution < 1.29 is 9.84 Å². The third-order valence-electron chi connectivity index (χ3n) is 2.12. The molecule has 0 aromatic heterocycles. The summed E-state index contributed by atoms with van der Waals surface area (Å²) in [6, 6.07) is 0. The normalized spacial score (nSPS) is 36.8. The van der Waals surface area contributed by atoms with Crippen molar-refractivity contribution in [3.63, 3.8) is 0 Å². The Balaban J connectivity index is 2.15. The van der Waals surface area contributed by atoms with Crippen LogP contribution in [0.25, 0.3) is 0 Å². The fourth-order valence-electron chi connectivity index (χ4n) is 1.61. The van der Waals surface area contributed by atoms with Gasteiger partial charge in [-0.25, -0.2) is 0 Å². The smallest absolute Gasteiger partial charge is 0.0820 e. The molecule has 1 saturated carbocycles. The summed E-state index contributed by atoms with van der Waals surface area (Å²) in [7, 11) is 1.85. The summed E-state index contributed by atoms with van der Waals surface area (Å²) in [5.41, 5.74) is -0.491. The van der Waals surface area contributed by atoms with Gasteiger partial charge in [-0.15, -0.1) is 0 Å². The lowest BCUT2D eigenvalue weighted by molar-refractivity contribution is -0.134. The van der Waals surface area contributed by atoms with Gasteiger partial charge in [0.1, 0.15) is 0 Å². The molecule has 11 heavy (non-hydrogen) atoms. The highest BCUT2D eigenvalue weighted by Crippen LogP contribution is 2.33. The second-order valence-electron chi connectivity index (χ2n) is 3.24. The van der Waals surface area contributed by atoms with Crippen molar-refractivity contribution in [1.29, 1.82) is 0 Å². The summed E-state index contributed by atoms with van der Waals surface area (Å²) in [4.78, 5) is 0. The van der Waals surface area contributed by atoms with Crippen LogP contribution in [0.3, 0.4) is 0 Å². The molecule has 0 heterocycles. The van der Waals surface area contributed by atoms with Gasteiger partial charge in [-0.2, -0.15) is 0 Å². The zero-order chi connectivity index (χ0) is 8.32. The molecule has 0 atom stereocenters. The van der Waals surface area contributed by atoms with E-state index >= 15 is 0 Å². The van der Waals surface area contributed by atoms with Crippen LogP contribution in [0.15, 0.2) is 0 Å². The maximum absolute atomic E-state index is 9.66. The van der Waals surface area contributed by atoms with Crippen LogP contribution in [0.1, 0.15) is 19.8 Å². The lowest BCUT2D eigenvalue weighted by Gasteiger charge is -2.43. The molecule has 2 N–H and O–H groups in total. The van der Waals surface area contributed by atoms with E-state index in [0.29, 0.717) is 12.6 Å². The van der Waals surface area contributed by atoms with Crippen LogP contribution in [0.5, 0.6) is 0 Å². The molecular formula is C8H17NO2. The van der Waals surface area contributed by atoms with Gasteiger partial charge in [-0.05, 0) is 14.0 Å². The van der Waals surface area contributed by atoms with E-state index in [-0.39, 0.29) is 0 Å². The minimum absolute atomic E-state index is 0.290. The van der Waals surface area contributed by atoms with Gasteiger partial charge >= 0.3 is 0 Å². The zero-order valence-electron chi connectivity index (χ0n) is 7.26. The van der Waals surface area contributed by atoms with Crippen molar-refractivity contribution in [2.24, 2.45) is 0 Å². The van der Waals surface area contributed by atoms with Crippen LogP contribution in [0.4, 0.5) is 0 Å². The van der Waals surface area contributed by atoms with E-state index in [1.807, 2.05) is 14.0 Å². The SMILES string of the molecule is CCOC1CC(O)(CNC)C1. The van der Waals surface area contributed by atoms with E-state index in [1.54, 1.807) is 0 Å². The number of ether oxygens (including phenoxy) is 1. The highest BCUT2D eigenvalue weighted by molar-refractivity contribution is 4.96. The largest absolute Gasteiger partial charge is 0.388 e. The molecule has 0 saturated heterocycles. The van der Waals surface area contributed by atoms with Gasteiger partial charge in [0.25, 0.3) is 0 Å². The van der Waals surface area contributed by atoms with E-state index in [4.69, 9.17) is 4.74 Å². The quantitative estimate of drug-likeness (QED) is 0.613. The Morgan fingerprint density at radius 3 is 2.73 bits per heavy atom. The molecule has 0 unspecified atom stereocenters. The molecule has 0 aromatic carbocycles. The van der Waals surface area contributed by atoms with Crippen molar-refractivity contribution in [3.05, 3.63) is 0 Å². The zero-order valence-corrected chi connectivity index (χ0v) is 7.26. The minimum atomic E-state index is -0.491. The van der Waals surface area contributed by atoms with E-state index in [1.165, 1.54) is 0 Å². The second-order valence-corrected chi connectivity index (χ2v) is 3.24. The maximum atomic E-state index is 9.66. The summed E-state index contributed by atoms with van der Waals surface area (Å²) in [6.45, 7) is 3.41. The molecule has 1 rings (SSSR count). The number of rotatable bonds is 4. The standard InChI is InChI=1S/C8H17NO2/c1-3-11-7-4-8(10,5-7)6-9-2/h7,9-10H,3-6H2,1-2H3. The first-order valence-corrected chi connectivity index (χ1v) is 4.19. The average Bonchev–Trinajstić information content (AvgIpc) is 1.85. The van der Waals surface area contributed by atoms with Crippen molar-refractivity contribution in [1.82, 2.24) is 5.32 Å². The Labute approximate surface area is 67.7 Å². The minimum Gasteiger partial charge on any atom is -0.388 e. The Kier molecular flexibility index (Phi) is 2.87. The number of likely N-dealkylation sites (N-methyl/N-ethyl adjacent to an activating group) is 1.